The Kier molecular flexibility index (Phi) is 5.71. The molecule has 1 N–H and O–H groups in total. The molecule has 2 nitrogen and oxygen atoms in total. The zero-order valence-corrected chi connectivity index (χ0v) is 11.1. The lowest BCUT2D eigenvalue weighted by atomic mass is 10.0. The average molecular weight is 239 g/mol. The van der Waals surface area contributed by atoms with Crippen LogP contribution in [0.4, 0.5) is 0 Å². The van der Waals surface area contributed by atoms with Gasteiger partial charge in [0.2, 0.25) is 0 Å². The van der Waals surface area contributed by atoms with Crippen LogP contribution >= 0.6 is 0 Å². The number of nitrogens with one attached hydrogen (secondary N) is 1. The summed E-state index contributed by atoms with van der Waals surface area (Å²) < 4.78 is 11.1. The number of hydrogen-bond donors (Lipinski definition) is 1. The van der Waals surface area contributed by atoms with E-state index in [0.29, 0.717) is 11.8 Å². The fourth-order valence-corrected chi connectivity index (χ4v) is 2.68. The van der Waals surface area contributed by atoms with E-state index in [1.165, 1.54) is 5.56 Å². The molecule has 0 aliphatic rings. The molecule has 0 saturated carbocycles. The highest BCUT2D eigenvalue weighted by Gasteiger charge is 2.12. The summed E-state index contributed by atoms with van der Waals surface area (Å²) in [5, 5.41) is 3.52. The molecule has 3 unspecified atom stereocenters. The third-order valence-electron chi connectivity index (χ3n) is 2.58. The third kappa shape index (κ3) is 4.45. The van der Waals surface area contributed by atoms with Crippen LogP contribution in [-0.2, 0) is 10.8 Å². The first-order valence-corrected chi connectivity index (χ1v) is 7.47. The van der Waals surface area contributed by atoms with Crippen LogP contribution in [-0.4, -0.2) is 22.3 Å². The van der Waals surface area contributed by atoms with Crippen molar-refractivity contribution in [1.29, 1.82) is 0 Å². The smallest absolute Gasteiger partial charge is 0.0383 e. The van der Waals surface area contributed by atoms with Gasteiger partial charge in [0.1, 0.15) is 0 Å². The maximum Gasteiger partial charge on any atom is 0.0383 e. The van der Waals surface area contributed by atoms with Crippen molar-refractivity contribution in [1.82, 2.24) is 5.32 Å². The van der Waals surface area contributed by atoms with Gasteiger partial charge in [-0.25, -0.2) is 0 Å². The lowest BCUT2D eigenvalue weighted by Gasteiger charge is -2.22. The highest BCUT2D eigenvalue weighted by molar-refractivity contribution is 7.84. The van der Waals surface area contributed by atoms with E-state index in [2.05, 4.69) is 43.4 Å². The Morgan fingerprint density at radius 2 is 1.94 bits per heavy atom. The molecule has 3 atom stereocenters. The van der Waals surface area contributed by atoms with Crippen molar-refractivity contribution in [3.05, 3.63) is 35.9 Å². The molecule has 1 rings (SSSR count). The number of hydrogen-bond acceptors (Lipinski definition) is 2. The third-order valence-corrected chi connectivity index (χ3v) is 3.55. The van der Waals surface area contributed by atoms with Gasteiger partial charge in [0, 0.05) is 34.9 Å². The van der Waals surface area contributed by atoms with Gasteiger partial charge in [0.05, 0.1) is 0 Å². The Morgan fingerprint density at radius 3 is 2.44 bits per heavy atom. The van der Waals surface area contributed by atoms with E-state index in [0.717, 1.165) is 6.42 Å². The van der Waals surface area contributed by atoms with Crippen molar-refractivity contribution < 1.29 is 4.21 Å². The average Bonchev–Trinajstić information content (AvgIpc) is 2.26. The predicted octanol–water partition coefficient (Wildman–Crippen LogP) is 2.49. The summed E-state index contributed by atoms with van der Waals surface area (Å²) in [4.78, 5) is 0. The molecule has 0 aliphatic carbocycles. The summed E-state index contributed by atoms with van der Waals surface area (Å²) in [6.07, 6.45) is 2.80. The van der Waals surface area contributed by atoms with E-state index in [4.69, 9.17) is 0 Å². The number of rotatable bonds is 6. The molecule has 1 aromatic rings. The van der Waals surface area contributed by atoms with Crippen LogP contribution in [0.5, 0.6) is 0 Å². The van der Waals surface area contributed by atoms with Gasteiger partial charge >= 0.3 is 0 Å². The van der Waals surface area contributed by atoms with Gasteiger partial charge in [-0.3, -0.25) is 4.21 Å². The van der Waals surface area contributed by atoms with Crippen molar-refractivity contribution in [2.45, 2.75) is 32.4 Å². The highest BCUT2D eigenvalue weighted by Crippen LogP contribution is 2.16. The lowest BCUT2D eigenvalue weighted by Crippen LogP contribution is -2.34. The van der Waals surface area contributed by atoms with Crippen molar-refractivity contribution in [2.75, 3.05) is 12.0 Å². The van der Waals surface area contributed by atoms with Crippen LogP contribution < -0.4 is 5.32 Å². The topological polar surface area (TPSA) is 29.1 Å². The van der Waals surface area contributed by atoms with Gasteiger partial charge in [0.25, 0.3) is 0 Å². The van der Waals surface area contributed by atoms with E-state index >= 15 is 0 Å². The minimum absolute atomic E-state index is 0.288. The van der Waals surface area contributed by atoms with Crippen molar-refractivity contribution >= 4 is 10.8 Å². The van der Waals surface area contributed by atoms with Crippen molar-refractivity contribution in [3.63, 3.8) is 0 Å². The van der Waals surface area contributed by atoms with Crippen molar-refractivity contribution in [3.8, 4) is 0 Å². The Hall–Kier alpha value is -0.670. The fraction of sp³-hybridized carbons (Fsp3) is 0.538. The molecule has 0 heterocycles. The van der Waals surface area contributed by atoms with Crippen LogP contribution in [0, 0.1) is 0 Å². The lowest BCUT2D eigenvalue weighted by molar-refractivity contribution is 0.468. The SMILES string of the molecule is CCC(NC(C)CS(C)=O)c1ccccc1. The van der Waals surface area contributed by atoms with Crippen LogP contribution in [0.3, 0.4) is 0 Å². The minimum Gasteiger partial charge on any atom is -0.307 e. The Balaban J connectivity index is 2.59. The molecule has 1 aromatic carbocycles. The monoisotopic (exact) mass is 239 g/mol. The summed E-state index contributed by atoms with van der Waals surface area (Å²) in [6, 6.07) is 11.1. The fourth-order valence-electron chi connectivity index (χ4n) is 1.88. The first-order valence-electron chi connectivity index (χ1n) is 5.74. The maximum absolute atomic E-state index is 11.1. The molecule has 0 aliphatic heterocycles. The largest absolute Gasteiger partial charge is 0.307 e. The molecule has 3 heteroatoms. The highest BCUT2D eigenvalue weighted by atomic mass is 32.2. The van der Waals surface area contributed by atoms with E-state index in [-0.39, 0.29) is 6.04 Å². The maximum atomic E-state index is 11.1. The second-order valence-electron chi connectivity index (χ2n) is 4.18. The molecule has 0 spiro atoms. The van der Waals surface area contributed by atoms with Gasteiger partial charge in [-0.2, -0.15) is 0 Å². The van der Waals surface area contributed by atoms with Crippen molar-refractivity contribution in [2.24, 2.45) is 0 Å². The van der Waals surface area contributed by atoms with Gasteiger partial charge in [0.15, 0.2) is 0 Å². The zero-order valence-electron chi connectivity index (χ0n) is 10.3. The molecular weight excluding hydrogens is 218 g/mol. The standard InChI is InChI=1S/C13H21NOS/c1-4-13(12-8-6-5-7-9-12)14-11(2)10-16(3)15/h5-9,11,13-14H,4,10H2,1-3H3. The van der Waals surface area contributed by atoms with E-state index in [1.54, 1.807) is 6.26 Å². The quantitative estimate of drug-likeness (QED) is 0.826. The summed E-state index contributed by atoms with van der Waals surface area (Å²) in [5.41, 5.74) is 1.30. The second-order valence-corrected chi connectivity index (χ2v) is 5.66. The van der Waals surface area contributed by atoms with Gasteiger partial charge in [-0.15, -0.1) is 0 Å². The predicted molar refractivity (Wildman–Crippen MR) is 71.0 cm³/mol. The van der Waals surface area contributed by atoms with E-state index in [9.17, 15) is 4.21 Å². The Labute approximate surface area is 101 Å². The zero-order chi connectivity index (χ0) is 12.0. The molecule has 0 aromatic heterocycles. The first kappa shape index (κ1) is 13.4. The molecular formula is C13H21NOS. The minimum atomic E-state index is -0.733. The van der Waals surface area contributed by atoms with Crippen LogP contribution in [0.2, 0.25) is 0 Å². The summed E-state index contributed by atoms with van der Waals surface area (Å²) >= 11 is 0. The molecule has 0 saturated heterocycles. The van der Waals surface area contributed by atoms with E-state index in [1.807, 2.05) is 6.07 Å². The Bertz CT molecular complexity index is 326. The van der Waals surface area contributed by atoms with E-state index < -0.39 is 10.8 Å². The molecule has 0 radical (unpaired) electrons. The molecule has 16 heavy (non-hydrogen) atoms. The van der Waals surface area contributed by atoms with Crippen LogP contribution in [0.25, 0.3) is 0 Å². The Morgan fingerprint density at radius 1 is 1.31 bits per heavy atom. The van der Waals surface area contributed by atoms with Crippen LogP contribution in [0.1, 0.15) is 31.9 Å². The first-order chi connectivity index (χ1) is 7.63. The summed E-state index contributed by atoms with van der Waals surface area (Å²) in [6.45, 7) is 4.26. The van der Waals surface area contributed by atoms with Gasteiger partial charge in [-0.05, 0) is 18.9 Å². The second kappa shape index (κ2) is 6.81. The molecule has 0 fully saturated rings. The molecule has 90 valence electrons. The van der Waals surface area contributed by atoms with Gasteiger partial charge in [-0.1, -0.05) is 37.3 Å². The van der Waals surface area contributed by atoms with Gasteiger partial charge < -0.3 is 5.32 Å². The summed E-state index contributed by atoms with van der Waals surface area (Å²) in [5.74, 6) is 0.712. The molecule has 0 amide bonds. The molecule has 0 bridgehead atoms. The van der Waals surface area contributed by atoms with Crippen LogP contribution in [0.15, 0.2) is 30.3 Å². The number of benzene rings is 1. The normalized spacial score (nSPS) is 16.7. The summed E-state index contributed by atoms with van der Waals surface area (Å²) in [7, 11) is -0.733.